The van der Waals surface area contributed by atoms with Gasteiger partial charge in [0.1, 0.15) is 45.3 Å². The number of rotatable bonds is 14. The second-order valence-electron chi connectivity index (χ2n) is 48.8. The second-order valence-corrected chi connectivity index (χ2v) is 50.1. The van der Waals surface area contributed by atoms with Crippen molar-refractivity contribution in [1.29, 1.82) is 0 Å². The molecule has 8 heterocycles. The molecule has 6 saturated carbocycles. The Bertz CT molecular complexity index is 5390. The number of amides is 5. The first-order valence-electron chi connectivity index (χ1n) is 49.9. The van der Waals surface area contributed by atoms with Crippen molar-refractivity contribution < 1.29 is 122 Å². The van der Waals surface area contributed by atoms with Gasteiger partial charge in [-0.05, 0) is 225 Å². The van der Waals surface area contributed by atoms with E-state index < -0.39 is 72.4 Å². The number of Topliss-reactive ketones (excluding diaryl/α,β-unsaturated/α-hetero) is 4. The number of β-amino-alcohol motifs (C(OH)–C–C–N with tert-alkyl or cyclic N) is 1. The summed E-state index contributed by atoms with van der Waals surface area (Å²) < 4.78 is 24.7. The molecule has 32 heteroatoms. The summed E-state index contributed by atoms with van der Waals surface area (Å²) >= 11 is 11.9. The Morgan fingerprint density at radius 1 is 0.379 bits per heavy atom. The number of aliphatic hydroxyl groups is 5. The molecular weight excluding hydrogens is 1940 g/mol. The summed E-state index contributed by atoms with van der Waals surface area (Å²) in [6.07, 6.45) is 9.35. The van der Waals surface area contributed by atoms with Gasteiger partial charge in [-0.15, -0.1) is 0 Å². The molecule has 6 aromatic carbocycles. The number of phenolic OH excluding ortho intramolecular Hbond substituents is 2. The maximum Gasteiger partial charge on any atom is 0.411 e. The molecule has 8 saturated heterocycles. The van der Waals surface area contributed by atoms with Crippen LogP contribution in [0.3, 0.4) is 0 Å². The van der Waals surface area contributed by atoms with Gasteiger partial charge in [0.2, 0.25) is 0 Å². The molecule has 0 bridgehead atoms. The average Bonchev–Trinajstić information content (AvgIpc) is 0.674. The Morgan fingerprint density at radius 2 is 0.669 bits per heavy atom. The minimum atomic E-state index is -1.33. The Kier molecular flexibility index (Phi) is 35.8. The molecule has 6 aromatic rings. The SMILES string of the molecule is C=C1CN(C(=O)OC(C)(C)C)C1.CC(C)(C)OC(=O)N1CC(=O)C1.CC(C)(C)OC(=O)N1CC2(C1)CC(O)(Cc1ccccc1)C2.CC(C)(C)OC(=O)N1CC2(CC(=O)C2(Cl)Cl)C1.CC(C)(C)OC(=O)N1CC2(CC(=O)C2)C1.O=C(CN1CC2(C1)CC(O)(Cc1ccccc1)C2)c1ccc(O)cc1.OC1(Cc2ccccc2)CC2(CNC2)C1.Oc1ccc(C(O)CN2CC3(C2)CC(O)(Cc2ccccc2)C3)cc1.[CH3-].[Zn]. The predicted molar refractivity (Wildman–Crippen MR) is 551 cm³/mol. The first-order chi connectivity index (χ1) is 66.4. The molecule has 1 atom stereocenters. The van der Waals surface area contributed by atoms with E-state index >= 15 is 0 Å². The van der Waals surface area contributed by atoms with Crippen LogP contribution >= 0.6 is 23.2 Å². The van der Waals surface area contributed by atoms with Crippen molar-refractivity contribution in [2.45, 2.75) is 261 Å². The van der Waals surface area contributed by atoms with Gasteiger partial charge in [-0.25, -0.2) is 24.0 Å². The smallest absolute Gasteiger partial charge is 0.411 e. The Balaban J connectivity index is 0.000000160. The maximum absolute atomic E-state index is 12.3. The van der Waals surface area contributed by atoms with E-state index in [2.05, 4.69) is 70.2 Å². The third-order valence-corrected chi connectivity index (χ3v) is 29.4. The quantitative estimate of drug-likeness (QED) is 0.0125. The molecule has 5 amide bonds. The summed E-state index contributed by atoms with van der Waals surface area (Å²) in [7, 11) is 0. The van der Waals surface area contributed by atoms with Gasteiger partial charge < -0.3 is 91.8 Å². The van der Waals surface area contributed by atoms with Gasteiger partial charge in [-0.2, -0.15) is 0 Å². The minimum Gasteiger partial charge on any atom is -0.508 e. The number of carbonyl (C=O) groups is 9. The Morgan fingerprint density at radius 3 is 0.959 bits per heavy atom. The second kappa shape index (κ2) is 44.8. The van der Waals surface area contributed by atoms with Crippen LogP contribution in [-0.2, 0) is 83.2 Å². The molecule has 1 unspecified atom stereocenters. The molecule has 29 nitrogen and oxygen atoms in total. The molecular formula is C113H153Cl2N8O21Zn-. The van der Waals surface area contributed by atoms with Crippen LogP contribution in [0.2, 0.25) is 0 Å². The van der Waals surface area contributed by atoms with Gasteiger partial charge in [0.15, 0.2) is 21.7 Å². The normalized spacial score (nSPS) is 22.3. The fourth-order valence-electron chi connectivity index (χ4n) is 22.6. The van der Waals surface area contributed by atoms with E-state index in [1.54, 1.807) is 105 Å². The van der Waals surface area contributed by atoms with Crippen molar-refractivity contribution in [3.8, 4) is 11.5 Å². The number of nitrogens with zero attached hydrogens (tertiary/aromatic N) is 7. The summed E-state index contributed by atoms with van der Waals surface area (Å²) in [5.74, 6) is 0.704. The number of ketones is 4. The van der Waals surface area contributed by atoms with E-state index in [0.717, 1.165) is 115 Å². The number of nitrogens with one attached hydrogen (secondary N) is 1. The molecule has 14 fully saturated rings. The standard InChI is InChI=1S/C21H25NO3.C21H23NO3.C18H25NO3.C13H17NO.C11H15Cl2NO3.C11H17NO3.C9H15NO2.C8H13NO3.CH3.Zn/c2*23-18-8-6-17(7-9-18)19(24)11-22-14-20(15-22)12-21(25,13-20)10-16-4-2-1-3-5-16;1-16(2,3)22-15(20)19-12-17(13-19)10-18(21,11-17)9-14-7-5-4-6-8-14;15-13(6-11-4-2-1-3-5-11)7-12(8-13)9-14-10-12;1-9(2,3)17-8(16)14-5-10(6-14)4-7(15)11(10,12)13;1-10(2,3)15-9(14)12-6-11(7-12)4-8(13)5-11;1-7-5-10(6-7)8(11)12-9(2,3)4;1-8(2,3)12-7(11)9-4-6(10)5-9;;/h1-9,19,23-25H,10-15H2;1-9,23,25H,10-15H2;4-8,21H,9-13H2,1-3H3;1-5,14-15H,6-10H2;4-6H2,1-3H3;4-7H2,1-3H3;1,5-6H2,2-4H3;4-5H2,1-3H3;1H3;/q;;;;;;;;-1;. The Labute approximate surface area is 878 Å². The van der Waals surface area contributed by atoms with Crippen molar-refractivity contribution in [2.24, 2.45) is 32.5 Å². The van der Waals surface area contributed by atoms with Crippen molar-refractivity contribution in [3.05, 3.63) is 223 Å². The monoisotopic (exact) mass is 2090 g/mol. The number of likely N-dealkylation sites (tertiary alicyclic amines) is 7. The molecule has 8 aliphatic heterocycles. The zero-order valence-corrected chi connectivity index (χ0v) is 92.2. The summed E-state index contributed by atoms with van der Waals surface area (Å²) in [5.41, 5.74) is 3.52. The van der Waals surface area contributed by atoms with Crippen LogP contribution in [0.15, 0.2) is 182 Å². The van der Waals surface area contributed by atoms with Crippen LogP contribution in [0, 0.1) is 39.9 Å². The van der Waals surface area contributed by atoms with Gasteiger partial charge in [0.05, 0.1) is 53.6 Å². The molecule has 14 aliphatic rings. The number of ether oxygens (including phenoxy) is 5. The molecule has 6 aliphatic carbocycles. The van der Waals surface area contributed by atoms with Crippen LogP contribution in [0.25, 0.3) is 0 Å². The first-order valence-corrected chi connectivity index (χ1v) is 50.7. The third kappa shape index (κ3) is 31.1. The Hall–Kier alpha value is -9.43. The molecule has 20 rings (SSSR count). The number of aromatic hydroxyl groups is 2. The number of hydrogen-bond donors (Lipinski definition) is 8. The molecule has 145 heavy (non-hydrogen) atoms. The van der Waals surface area contributed by atoms with E-state index in [4.69, 9.17) is 46.9 Å². The number of carbonyl (C=O) groups excluding carboxylic acids is 9. The molecule has 6 spiro atoms. The van der Waals surface area contributed by atoms with Gasteiger partial charge in [-0.3, -0.25) is 33.9 Å². The van der Waals surface area contributed by atoms with Crippen LogP contribution in [0.4, 0.5) is 24.0 Å². The zero-order valence-electron chi connectivity index (χ0n) is 87.7. The predicted octanol–water partition coefficient (Wildman–Crippen LogP) is 16.5. The van der Waals surface area contributed by atoms with Crippen molar-refractivity contribution in [3.63, 3.8) is 0 Å². The number of aliphatic hydroxyl groups excluding tert-OH is 1. The van der Waals surface area contributed by atoms with Gasteiger partial charge in [0.25, 0.3) is 0 Å². The summed E-state index contributed by atoms with van der Waals surface area (Å²) in [4.78, 5) is 115. The summed E-state index contributed by atoms with van der Waals surface area (Å²) in [6.45, 7) is 43.5. The molecule has 0 radical (unpaired) electrons. The molecule has 0 aromatic heterocycles. The van der Waals surface area contributed by atoms with Crippen LogP contribution in [0.1, 0.15) is 219 Å². The van der Waals surface area contributed by atoms with E-state index in [1.807, 2.05) is 135 Å². The molecule has 8 N–H and O–H groups in total. The van der Waals surface area contributed by atoms with Crippen molar-refractivity contribution in [1.82, 2.24) is 39.6 Å². The molecule has 788 valence electrons. The van der Waals surface area contributed by atoms with E-state index in [9.17, 15) is 78.9 Å². The minimum absolute atomic E-state index is 0. The van der Waals surface area contributed by atoms with Crippen LogP contribution in [0.5, 0.6) is 11.5 Å². The number of phenols is 2. The fourth-order valence-corrected chi connectivity index (χ4v) is 23.1. The van der Waals surface area contributed by atoms with E-state index in [-0.39, 0.29) is 115 Å². The van der Waals surface area contributed by atoms with Crippen LogP contribution in [-0.4, -0.2) is 296 Å². The van der Waals surface area contributed by atoms with Gasteiger partial charge in [0, 0.05) is 195 Å². The average molecular weight is 2100 g/mol. The largest absolute Gasteiger partial charge is 0.508 e. The van der Waals surface area contributed by atoms with Crippen molar-refractivity contribution in [2.75, 3.05) is 118 Å². The summed E-state index contributed by atoms with van der Waals surface area (Å²) in [5, 5.41) is 74.7. The van der Waals surface area contributed by atoms with E-state index in [1.165, 1.54) is 32.1 Å². The zero-order chi connectivity index (χ0) is 104. The van der Waals surface area contributed by atoms with Gasteiger partial charge >= 0.3 is 30.5 Å². The van der Waals surface area contributed by atoms with E-state index in [0.29, 0.717) is 114 Å². The topological polar surface area (TPSA) is 376 Å². The number of benzene rings is 6. The van der Waals surface area contributed by atoms with Gasteiger partial charge in [-0.1, -0.05) is 163 Å². The first kappa shape index (κ1) is 116. The maximum atomic E-state index is 12.3. The number of hydrogen-bond acceptors (Lipinski definition) is 24. The summed E-state index contributed by atoms with van der Waals surface area (Å²) in [6, 6.07) is 53.8. The third-order valence-electron chi connectivity index (χ3n) is 28.2. The number of alkyl halides is 2. The van der Waals surface area contributed by atoms with Crippen molar-refractivity contribution >= 4 is 76.8 Å². The number of halogens is 2. The fraction of sp³-hybridized carbons (Fsp3) is 0.575. The van der Waals surface area contributed by atoms with Crippen LogP contribution < -0.4 is 5.32 Å².